The molecule has 24 heavy (non-hydrogen) atoms. The summed E-state index contributed by atoms with van der Waals surface area (Å²) in [5.41, 5.74) is 2.20. The number of anilines is 1. The van der Waals surface area contributed by atoms with Gasteiger partial charge in [0.25, 0.3) is 5.91 Å². The van der Waals surface area contributed by atoms with Crippen molar-refractivity contribution in [3.63, 3.8) is 0 Å². The Balaban J connectivity index is 1.60. The highest BCUT2D eigenvalue weighted by molar-refractivity contribution is 6.10. The van der Waals surface area contributed by atoms with Gasteiger partial charge >= 0.3 is 0 Å². The van der Waals surface area contributed by atoms with Crippen molar-refractivity contribution in [3.05, 3.63) is 83.9 Å². The van der Waals surface area contributed by atoms with Gasteiger partial charge in [-0.15, -0.1) is 0 Å². The van der Waals surface area contributed by atoms with Crippen molar-refractivity contribution in [2.45, 2.75) is 6.54 Å². The lowest BCUT2D eigenvalue weighted by Gasteiger charge is -2.15. The lowest BCUT2D eigenvalue weighted by molar-refractivity contribution is 0.0996. The third kappa shape index (κ3) is 2.60. The fourth-order valence-electron chi connectivity index (χ4n) is 2.73. The van der Waals surface area contributed by atoms with E-state index < -0.39 is 0 Å². The maximum atomic E-state index is 13.1. The first kappa shape index (κ1) is 14.4. The van der Waals surface area contributed by atoms with E-state index in [-0.39, 0.29) is 11.7 Å². The summed E-state index contributed by atoms with van der Waals surface area (Å²) in [6.45, 7) is 0.438. The van der Waals surface area contributed by atoms with Gasteiger partial charge < -0.3 is 9.64 Å². The summed E-state index contributed by atoms with van der Waals surface area (Å²) in [6, 6.07) is 14.8. The van der Waals surface area contributed by atoms with Crippen LogP contribution in [-0.2, 0) is 6.54 Å². The van der Waals surface area contributed by atoms with Gasteiger partial charge in [0, 0.05) is 23.6 Å². The molecule has 0 atom stereocenters. The molecule has 0 bridgehead atoms. The number of amides is 1. The summed E-state index contributed by atoms with van der Waals surface area (Å²) < 4.78 is 18.8. The van der Waals surface area contributed by atoms with E-state index in [9.17, 15) is 9.18 Å². The average Bonchev–Trinajstić information content (AvgIpc) is 2.93. The fraction of sp³-hybridized carbons (Fsp3) is 0.0526. The van der Waals surface area contributed by atoms with Crippen molar-refractivity contribution in [3.8, 4) is 11.5 Å². The van der Waals surface area contributed by atoms with E-state index in [4.69, 9.17) is 4.74 Å². The molecule has 4 nitrogen and oxygen atoms in total. The number of carbonyl (C=O) groups is 1. The summed E-state index contributed by atoms with van der Waals surface area (Å²) in [5, 5.41) is 0. The summed E-state index contributed by atoms with van der Waals surface area (Å²) in [4.78, 5) is 18.1. The zero-order valence-corrected chi connectivity index (χ0v) is 12.6. The molecular formula is C19H13FN2O2. The standard InChI is InChI=1S/C19H13FN2O2/c20-14-1-3-15(4-2-14)22-12-13-11-17(5-6-18(13)19(22)23)24-16-7-9-21-10-8-16/h1-11H,12H2. The maximum Gasteiger partial charge on any atom is 0.258 e. The van der Waals surface area contributed by atoms with E-state index >= 15 is 0 Å². The van der Waals surface area contributed by atoms with E-state index in [0.29, 0.717) is 29.3 Å². The van der Waals surface area contributed by atoms with Gasteiger partial charge in [0.05, 0.1) is 6.54 Å². The van der Waals surface area contributed by atoms with Crippen molar-refractivity contribution in [1.82, 2.24) is 4.98 Å². The van der Waals surface area contributed by atoms with Crippen molar-refractivity contribution < 1.29 is 13.9 Å². The van der Waals surface area contributed by atoms with Crippen LogP contribution in [0.25, 0.3) is 0 Å². The second-order valence-electron chi connectivity index (χ2n) is 5.47. The highest BCUT2D eigenvalue weighted by Crippen LogP contribution is 2.32. The Hall–Kier alpha value is -3.21. The fourth-order valence-corrected chi connectivity index (χ4v) is 2.73. The molecule has 0 saturated heterocycles. The topological polar surface area (TPSA) is 42.4 Å². The Morgan fingerprint density at radius 1 is 0.958 bits per heavy atom. The minimum Gasteiger partial charge on any atom is -0.457 e. The maximum absolute atomic E-state index is 13.1. The second kappa shape index (κ2) is 5.77. The van der Waals surface area contributed by atoms with Crippen LogP contribution in [0.2, 0.25) is 0 Å². The number of hydrogen-bond acceptors (Lipinski definition) is 3. The van der Waals surface area contributed by atoms with Crippen LogP contribution in [-0.4, -0.2) is 10.9 Å². The van der Waals surface area contributed by atoms with Crippen LogP contribution in [0, 0.1) is 5.82 Å². The molecule has 1 amide bonds. The van der Waals surface area contributed by atoms with E-state index in [1.54, 1.807) is 53.7 Å². The number of rotatable bonds is 3. The molecule has 0 spiro atoms. The normalized spacial score (nSPS) is 13.0. The van der Waals surface area contributed by atoms with Crippen molar-refractivity contribution >= 4 is 11.6 Å². The molecule has 4 rings (SSSR count). The summed E-state index contributed by atoms with van der Waals surface area (Å²) in [5.74, 6) is 0.932. The van der Waals surface area contributed by atoms with Crippen molar-refractivity contribution in [2.75, 3.05) is 4.90 Å². The molecule has 5 heteroatoms. The summed E-state index contributed by atoms with van der Waals surface area (Å²) in [7, 11) is 0. The van der Waals surface area contributed by atoms with E-state index in [1.165, 1.54) is 12.1 Å². The Bertz CT molecular complexity index is 895. The SMILES string of the molecule is O=C1c2ccc(Oc3ccncc3)cc2CN1c1ccc(F)cc1. The molecule has 1 aliphatic heterocycles. The number of pyridine rings is 1. The molecule has 2 aromatic carbocycles. The quantitative estimate of drug-likeness (QED) is 0.727. The molecule has 0 radical (unpaired) electrons. The minimum atomic E-state index is -0.323. The Labute approximate surface area is 138 Å². The third-order valence-electron chi connectivity index (χ3n) is 3.90. The summed E-state index contributed by atoms with van der Waals surface area (Å²) in [6.07, 6.45) is 3.31. The smallest absolute Gasteiger partial charge is 0.258 e. The van der Waals surface area contributed by atoms with Gasteiger partial charge in [0.15, 0.2) is 0 Å². The van der Waals surface area contributed by atoms with Gasteiger partial charge in [-0.05, 0) is 60.2 Å². The number of nitrogens with zero attached hydrogens (tertiary/aromatic N) is 2. The highest BCUT2D eigenvalue weighted by Gasteiger charge is 2.28. The highest BCUT2D eigenvalue weighted by atomic mass is 19.1. The van der Waals surface area contributed by atoms with Crippen LogP contribution in [0.4, 0.5) is 10.1 Å². The number of ether oxygens (including phenoxy) is 1. The molecule has 1 aliphatic rings. The number of benzene rings is 2. The zero-order chi connectivity index (χ0) is 16.5. The molecule has 0 aliphatic carbocycles. The lowest BCUT2D eigenvalue weighted by atomic mass is 10.1. The largest absolute Gasteiger partial charge is 0.457 e. The molecule has 0 fully saturated rings. The Morgan fingerprint density at radius 3 is 2.46 bits per heavy atom. The molecule has 118 valence electrons. The van der Waals surface area contributed by atoms with E-state index in [2.05, 4.69) is 4.98 Å². The number of aromatic nitrogens is 1. The Morgan fingerprint density at radius 2 is 1.71 bits per heavy atom. The Kier molecular flexibility index (Phi) is 3.46. The molecule has 0 N–H and O–H groups in total. The van der Waals surface area contributed by atoms with Crippen molar-refractivity contribution in [1.29, 1.82) is 0 Å². The predicted octanol–water partition coefficient (Wildman–Crippen LogP) is 4.17. The van der Waals surface area contributed by atoms with Crippen LogP contribution in [0.1, 0.15) is 15.9 Å². The van der Waals surface area contributed by atoms with E-state index in [0.717, 1.165) is 5.56 Å². The number of carbonyl (C=O) groups excluding carboxylic acids is 1. The molecule has 0 saturated carbocycles. The van der Waals surface area contributed by atoms with Gasteiger partial charge in [0.2, 0.25) is 0 Å². The van der Waals surface area contributed by atoms with Gasteiger partial charge in [-0.2, -0.15) is 0 Å². The van der Waals surface area contributed by atoms with Crippen LogP contribution in [0.5, 0.6) is 11.5 Å². The number of fused-ring (bicyclic) bond motifs is 1. The van der Waals surface area contributed by atoms with Crippen molar-refractivity contribution in [2.24, 2.45) is 0 Å². The van der Waals surface area contributed by atoms with Gasteiger partial charge in [-0.25, -0.2) is 4.39 Å². The number of hydrogen-bond donors (Lipinski definition) is 0. The van der Waals surface area contributed by atoms with Crippen LogP contribution < -0.4 is 9.64 Å². The average molecular weight is 320 g/mol. The summed E-state index contributed by atoms with van der Waals surface area (Å²) >= 11 is 0. The minimum absolute atomic E-state index is 0.0907. The monoisotopic (exact) mass is 320 g/mol. The van der Waals surface area contributed by atoms with Gasteiger partial charge in [0.1, 0.15) is 17.3 Å². The van der Waals surface area contributed by atoms with Crippen LogP contribution >= 0.6 is 0 Å². The molecule has 1 aromatic heterocycles. The van der Waals surface area contributed by atoms with Gasteiger partial charge in [-0.3, -0.25) is 9.78 Å². The van der Waals surface area contributed by atoms with Crippen LogP contribution in [0.3, 0.4) is 0 Å². The zero-order valence-electron chi connectivity index (χ0n) is 12.6. The predicted molar refractivity (Wildman–Crippen MR) is 87.7 cm³/mol. The lowest BCUT2D eigenvalue weighted by Crippen LogP contribution is -2.22. The first-order valence-electron chi connectivity index (χ1n) is 7.49. The third-order valence-corrected chi connectivity index (χ3v) is 3.90. The number of halogens is 1. The molecule has 0 unspecified atom stereocenters. The van der Waals surface area contributed by atoms with Crippen LogP contribution in [0.15, 0.2) is 67.0 Å². The molecular weight excluding hydrogens is 307 g/mol. The van der Waals surface area contributed by atoms with E-state index in [1.807, 2.05) is 6.07 Å². The first-order chi connectivity index (χ1) is 11.7. The van der Waals surface area contributed by atoms with Gasteiger partial charge in [-0.1, -0.05) is 0 Å². The molecule has 3 aromatic rings. The second-order valence-corrected chi connectivity index (χ2v) is 5.47. The first-order valence-corrected chi connectivity index (χ1v) is 7.49. The molecule has 2 heterocycles.